The first-order valence-corrected chi connectivity index (χ1v) is 14.7. The number of hydrogen-bond donors (Lipinski definition) is 0. The average molecular weight is 553 g/mol. The lowest BCUT2D eigenvalue weighted by Gasteiger charge is -2.21. The Balaban J connectivity index is 1.46. The number of ether oxygens (including phenoxy) is 4. The topological polar surface area (TPSA) is 54.0 Å². The van der Waals surface area contributed by atoms with Gasteiger partial charge in [-0.25, -0.2) is 4.39 Å². The number of methoxy groups -OCH3 is 1. The lowest BCUT2D eigenvalue weighted by molar-refractivity contribution is -0.141. The first-order valence-electron chi connectivity index (χ1n) is 13.3. The van der Waals surface area contributed by atoms with Crippen LogP contribution in [-0.4, -0.2) is 44.4 Å². The van der Waals surface area contributed by atoms with Crippen molar-refractivity contribution in [3.05, 3.63) is 82.7 Å². The maximum atomic E-state index is 15.3. The molecule has 4 rings (SSSR count). The summed E-state index contributed by atoms with van der Waals surface area (Å²) in [5.41, 5.74) is 5.73. The molecule has 2 aliphatic rings. The molecule has 7 heteroatoms. The number of halogens is 1. The van der Waals surface area contributed by atoms with E-state index < -0.39 is 6.10 Å². The van der Waals surface area contributed by atoms with Gasteiger partial charge in [0.15, 0.2) is 0 Å². The lowest BCUT2D eigenvalue weighted by atomic mass is 9.91. The molecule has 1 aliphatic heterocycles. The van der Waals surface area contributed by atoms with Gasteiger partial charge in [-0.3, -0.25) is 4.79 Å². The van der Waals surface area contributed by atoms with Crippen molar-refractivity contribution in [3.63, 3.8) is 0 Å². The van der Waals surface area contributed by atoms with Crippen molar-refractivity contribution < 1.29 is 28.1 Å². The highest BCUT2D eigenvalue weighted by Gasteiger charge is 2.28. The molecule has 2 aromatic rings. The highest BCUT2D eigenvalue weighted by atomic mass is 32.2. The second kappa shape index (κ2) is 13.2. The van der Waals surface area contributed by atoms with E-state index in [0.717, 1.165) is 52.2 Å². The monoisotopic (exact) mass is 552 g/mol. The van der Waals surface area contributed by atoms with E-state index in [9.17, 15) is 4.79 Å². The third-order valence-electron chi connectivity index (χ3n) is 7.21. The van der Waals surface area contributed by atoms with Crippen molar-refractivity contribution in [3.8, 4) is 17.2 Å². The van der Waals surface area contributed by atoms with Crippen LogP contribution in [-0.2, 0) is 9.53 Å². The minimum Gasteiger partial charge on any atom is -0.493 e. The highest BCUT2D eigenvalue weighted by Crippen LogP contribution is 2.40. The van der Waals surface area contributed by atoms with Crippen molar-refractivity contribution >= 4 is 23.3 Å². The van der Waals surface area contributed by atoms with Crippen molar-refractivity contribution in [2.45, 2.75) is 51.6 Å². The number of esters is 1. The number of rotatable bonds is 9. The summed E-state index contributed by atoms with van der Waals surface area (Å²) < 4.78 is 38.0. The fourth-order valence-corrected chi connectivity index (χ4v) is 5.46. The van der Waals surface area contributed by atoms with E-state index in [0.29, 0.717) is 36.7 Å². The molecule has 0 spiro atoms. The molecule has 0 unspecified atom stereocenters. The number of benzene rings is 2. The van der Waals surface area contributed by atoms with E-state index in [1.165, 1.54) is 13.2 Å². The van der Waals surface area contributed by atoms with Crippen molar-refractivity contribution in [2.75, 3.05) is 32.3 Å². The number of hydrogen-bond acceptors (Lipinski definition) is 6. The quantitative estimate of drug-likeness (QED) is 0.237. The van der Waals surface area contributed by atoms with Crippen LogP contribution >= 0.6 is 11.8 Å². The van der Waals surface area contributed by atoms with Gasteiger partial charge < -0.3 is 18.9 Å². The molecular weight excluding hydrogens is 515 g/mol. The molecule has 208 valence electrons. The van der Waals surface area contributed by atoms with E-state index in [4.69, 9.17) is 18.9 Å². The molecule has 39 heavy (non-hydrogen) atoms. The van der Waals surface area contributed by atoms with Gasteiger partial charge in [0, 0.05) is 28.9 Å². The number of carbonyl (C=O) groups is 1. The van der Waals surface area contributed by atoms with Gasteiger partial charge in [-0.2, -0.15) is 11.8 Å². The SMILES string of the molecule is C=C1/C(F)=C\C=C(\c2c(C)cc(OCCSC)cc2C)CCC[C@H]1Oc1ccc2c(c1)OC[C@H]2CC(=O)OC. The van der Waals surface area contributed by atoms with Crippen LogP contribution < -0.4 is 14.2 Å². The van der Waals surface area contributed by atoms with Gasteiger partial charge in [0.25, 0.3) is 0 Å². The molecule has 0 saturated carbocycles. The maximum Gasteiger partial charge on any atom is 0.306 e. The van der Waals surface area contributed by atoms with E-state index in [1.54, 1.807) is 11.8 Å². The van der Waals surface area contributed by atoms with Crippen LogP contribution in [0.25, 0.3) is 5.57 Å². The second-order valence-electron chi connectivity index (χ2n) is 9.99. The first-order chi connectivity index (χ1) is 18.8. The third kappa shape index (κ3) is 7.07. The van der Waals surface area contributed by atoms with Crippen molar-refractivity contribution in [1.29, 1.82) is 0 Å². The third-order valence-corrected chi connectivity index (χ3v) is 7.78. The smallest absolute Gasteiger partial charge is 0.306 e. The Bertz CT molecular complexity index is 1260. The molecule has 0 radical (unpaired) electrons. The summed E-state index contributed by atoms with van der Waals surface area (Å²) in [5, 5.41) is 0. The summed E-state index contributed by atoms with van der Waals surface area (Å²) in [6, 6.07) is 9.69. The molecule has 1 heterocycles. The summed E-state index contributed by atoms with van der Waals surface area (Å²) in [4.78, 5) is 11.7. The van der Waals surface area contributed by atoms with Gasteiger partial charge in [0.1, 0.15) is 29.2 Å². The first kappa shape index (κ1) is 28.8. The van der Waals surface area contributed by atoms with E-state index in [2.05, 4.69) is 38.8 Å². The number of fused-ring (bicyclic) bond motifs is 1. The van der Waals surface area contributed by atoms with Crippen LogP contribution in [0.5, 0.6) is 17.2 Å². The molecule has 5 nitrogen and oxygen atoms in total. The zero-order valence-corrected chi connectivity index (χ0v) is 24.0. The minimum atomic E-state index is -0.506. The lowest BCUT2D eigenvalue weighted by Crippen LogP contribution is -2.19. The Labute approximate surface area is 235 Å². The predicted octanol–water partition coefficient (Wildman–Crippen LogP) is 7.51. The molecule has 0 saturated heterocycles. The van der Waals surface area contributed by atoms with Crippen LogP contribution in [0, 0.1) is 13.8 Å². The van der Waals surface area contributed by atoms with Crippen molar-refractivity contribution in [2.24, 2.45) is 0 Å². The molecule has 1 aliphatic carbocycles. The Morgan fingerprint density at radius 2 is 1.92 bits per heavy atom. The van der Waals surface area contributed by atoms with Crippen LogP contribution in [0.2, 0.25) is 0 Å². The van der Waals surface area contributed by atoms with Gasteiger partial charge in [-0.05, 0) is 85.9 Å². The maximum absolute atomic E-state index is 15.3. The van der Waals surface area contributed by atoms with Gasteiger partial charge in [0.05, 0.1) is 26.7 Å². The summed E-state index contributed by atoms with van der Waals surface area (Å²) in [6.07, 6.45) is 7.41. The standard InChI is InChI=1S/C32H37FO5S/c1-20-15-26(36-13-14-39-5)16-21(2)32(20)23-7-6-8-29(22(3)28(33)12-9-23)38-25-10-11-27-24(17-31(34)35-4)19-37-30(27)18-25/h9-12,15-16,18,24,29H,3,6-8,13-14,17,19H2,1-2,4-5H3/b23-9+,28-12+/t24-,29-/m1/s1. The van der Waals surface area contributed by atoms with Crippen molar-refractivity contribution in [1.82, 2.24) is 0 Å². The predicted molar refractivity (Wildman–Crippen MR) is 156 cm³/mol. The average Bonchev–Trinajstić information content (AvgIpc) is 3.32. The fraction of sp³-hybridized carbons (Fsp3) is 0.406. The molecular formula is C32H37FO5S. The Hall–Kier alpha value is -3.19. The van der Waals surface area contributed by atoms with Gasteiger partial charge in [-0.15, -0.1) is 0 Å². The van der Waals surface area contributed by atoms with Crippen LogP contribution in [0.1, 0.15) is 53.9 Å². The van der Waals surface area contributed by atoms with Crippen LogP contribution in [0.15, 0.2) is 60.5 Å². The molecule has 2 atom stereocenters. The molecule has 0 bridgehead atoms. The fourth-order valence-electron chi connectivity index (χ4n) is 5.21. The molecule has 0 N–H and O–H groups in total. The van der Waals surface area contributed by atoms with E-state index in [-0.39, 0.29) is 24.1 Å². The van der Waals surface area contributed by atoms with Gasteiger partial charge in [-0.1, -0.05) is 18.7 Å². The second-order valence-corrected chi connectivity index (χ2v) is 11.0. The molecule has 0 amide bonds. The van der Waals surface area contributed by atoms with Gasteiger partial charge in [0.2, 0.25) is 0 Å². The van der Waals surface area contributed by atoms with Crippen LogP contribution in [0.3, 0.4) is 0 Å². The molecule has 2 aromatic carbocycles. The summed E-state index contributed by atoms with van der Waals surface area (Å²) in [7, 11) is 1.38. The summed E-state index contributed by atoms with van der Waals surface area (Å²) in [5.74, 6) is 2.37. The Kier molecular flexibility index (Phi) is 9.78. The number of carbonyl (C=O) groups excluding carboxylic acids is 1. The Morgan fingerprint density at radius 3 is 2.64 bits per heavy atom. The van der Waals surface area contributed by atoms with Gasteiger partial charge >= 0.3 is 5.97 Å². The molecule has 0 fully saturated rings. The number of thioether (sulfide) groups is 1. The summed E-state index contributed by atoms with van der Waals surface area (Å²) in [6.45, 7) is 9.27. The minimum absolute atomic E-state index is 0.0471. The highest BCUT2D eigenvalue weighted by molar-refractivity contribution is 7.98. The summed E-state index contributed by atoms with van der Waals surface area (Å²) >= 11 is 1.75. The number of allylic oxidation sites excluding steroid dienone is 3. The zero-order chi connectivity index (χ0) is 27.9. The van der Waals surface area contributed by atoms with Crippen LogP contribution in [0.4, 0.5) is 4.39 Å². The molecule has 0 aromatic heterocycles. The largest absolute Gasteiger partial charge is 0.493 e. The van der Waals surface area contributed by atoms with E-state index in [1.807, 2.05) is 24.3 Å². The van der Waals surface area contributed by atoms with E-state index >= 15 is 4.39 Å². The number of aryl methyl sites for hydroxylation is 2. The Morgan fingerprint density at radius 1 is 1.15 bits per heavy atom. The zero-order valence-electron chi connectivity index (χ0n) is 23.2. The normalized spacial score (nSPS) is 21.7.